The fraction of sp³-hybridized carbons (Fsp3) is 0.368. The molecule has 1 aliphatic carbocycles. The van der Waals surface area contributed by atoms with Crippen molar-refractivity contribution in [3.8, 4) is 5.75 Å². The van der Waals surface area contributed by atoms with Gasteiger partial charge in [0.2, 0.25) is 0 Å². The van der Waals surface area contributed by atoms with E-state index in [-0.39, 0.29) is 0 Å². The van der Waals surface area contributed by atoms with E-state index in [1.165, 1.54) is 5.19 Å². The van der Waals surface area contributed by atoms with Crippen LogP contribution in [0.1, 0.15) is 6.42 Å². The van der Waals surface area contributed by atoms with Crippen molar-refractivity contribution < 1.29 is 4.74 Å². The maximum absolute atomic E-state index is 5.94. The summed E-state index contributed by atoms with van der Waals surface area (Å²) in [6.07, 6.45) is 7.68. The topological polar surface area (TPSA) is 9.23 Å². The number of ether oxygens (including phenoxy) is 1. The summed E-state index contributed by atoms with van der Waals surface area (Å²) in [5.41, 5.74) is 0. The largest absolute Gasteiger partial charge is 0.490 e. The van der Waals surface area contributed by atoms with E-state index in [1.54, 1.807) is 10.4 Å². The zero-order valence-electron chi connectivity index (χ0n) is 14.6. The van der Waals surface area contributed by atoms with Gasteiger partial charge in [-0.25, -0.2) is 0 Å². The van der Waals surface area contributed by atoms with E-state index < -0.39 is 16.1 Å². The van der Waals surface area contributed by atoms with E-state index in [0.29, 0.717) is 6.61 Å². The highest BCUT2D eigenvalue weighted by molar-refractivity contribution is 6.98. The molecule has 118 valence electrons. The second-order valence-electron chi connectivity index (χ2n) is 7.47. The van der Waals surface area contributed by atoms with E-state index in [2.05, 4.69) is 75.7 Å². The molecule has 3 heteroatoms. The average Bonchev–Trinajstić information content (AvgIpc) is 2.95. The molecule has 0 amide bonds. The van der Waals surface area contributed by atoms with Crippen molar-refractivity contribution in [1.82, 2.24) is 0 Å². The van der Waals surface area contributed by atoms with Gasteiger partial charge < -0.3 is 4.74 Å². The molecule has 0 heterocycles. The Morgan fingerprint density at radius 3 is 2.45 bits per heavy atom. The Morgan fingerprint density at radius 2 is 1.82 bits per heavy atom. The minimum absolute atomic E-state index is 0.569. The Bertz CT molecular complexity index is 619. The third kappa shape index (κ3) is 3.36. The van der Waals surface area contributed by atoms with Gasteiger partial charge in [0.05, 0.1) is 8.07 Å². The van der Waals surface area contributed by atoms with Crippen LogP contribution < -0.4 is 9.92 Å². The fourth-order valence-corrected chi connectivity index (χ4v) is 9.90. The molecule has 0 atom stereocenters. The standard InChI is InChI=1S/C19H28OSi2/c1-7-15-20-16-11-8-9-12-17(16)22(5,6)19-14-10-13-18(19)21(2,3)4/h7-13H,1,14-15H2,2-6H3. The van der Waals surface area contributed by atoms with Crippen LogP contribution in [-0.2, 0) is 0 Å². The molecule has 0 N–H and O–H groups in total. The van der Waals surface area contributed by atoms with Gasteiger partial charge in [-0.2, -0.15) is 0 Å². The maximum atomic E-state index is 5.94. The molecule has 1 aromatic rings. The second kappa shape index (κ2) is 6.43. The zero-order valence-corrected chi connectivity index (χ0v) is 16.6. The molecule has 1 aromatic carbocycles. The van der Waals surface area contributed by atoms with Crippen LogP contribution in [-0.4, -0.2) is 22.8 Å². The average molecular weight is 329 g/mol. The summed E-state index contributed by atoms with van der Waals surface area (Å²) in [4.78, 5) is 0. The Balaban J connectivity index is 2.49. The lowest BCUT2D eigenvalue weighted by Gasteiger charge is -2.31. The molecule has 0 saturated carbocycles. The van der Waals surface area contributed by atoms with Crippen LogP contribution in [0.5, 0.6) is 5.75 Å². The molecular weight excluding hydrogens is 300 g/mol. The Morgan fingerprint density at radius 1 is 1.14 bits per heavy atom. The number of benzene rings is 1. The highest BCUT2D eigenvalue weighted by Gasteiger charge is 2.36. The van der Waals surface area contributed by atoms with Crippen LogP contribution in [0.2, 0.25) is 32.7 Å². The summed E-state index contributed by atoms with van der Waals surface area (Å²) < 4.78 is 5.94. The Hall–Kier alpha value is -1.33. The van der Waals surface area contributed by atoms with Gasteiger partial charge in [0, 0.05) is 0 Å². The molecule has 0 fully saturated rings. The number of allylic oxidation sites excluding steroid dienone is 4. The van der Waals surface area contributed by atoms with Crippen molar-refractivity contribution in [2.75, 3.05) is 6.61 Å². The molecule has 0 bridgehead atoms. The summed E-state index contributed by atoms with van der Waals surface area (Å²) >= 11 is 0. The second-order valence-corrected chi connectivity index (χ2v) is 16.9. The molecule has 0 radical (unpaired) electrons. The van der Waals surface area contributed by atoms with E-state index in [0.717, 1.165) is 12.2 Å². The normalized spacial score (nSPS) is 15.3. The van der Waals surface area contributed by atoms with E-state index >= 15 is 0 Å². The first-order valence-corrected chi connectivity index (χ1v) is 14.5. The molecule has 0 saturated heterocycles. The SMILES string of the molecule is C=CCOc1ccccc1[Si](C)(C)C1=C([Si](C)(C)C)C=CC1. The van der Waals surface area contributed by atoms with Gasteiger partial charge in [-0.1, -0.05) is 86.1 Å². The van der Waals surface area contributed by atoms with Crippen molar-refractivity contribution in [2.45, 2.75) is 39.2 Å². The highest BCUT2D eigenvalue weighted by Crippen LogP contribution is 2.34. The van der Waals surface area contributed by atoms with Crippen LogP contribution in [0.4, 0.5) is 0 Å². The quantitative estimate of drug-likeness (QED) is 0.536. The molecule has 1 aliphatic rings. The van der Waals surface area contributed by atoms with Crippen molar-refractivity contribution in [3.63, 3.8) is 0 Å². The molecular formula is C19H28OSi2. The summed E-state index contributed by atoms with van der Waals surface area (Å²) in [6, 6.07) is 8.57. The molecule has 22 heavy (non-hydrogen) atoms. The maximum Gasteiger partial charge on any atom is 0.119 e. The van der Waals surface area contributed by atoms with E-state index in [4.69, 9.17) is 4.74 Å². The van der Waals surface area contributed by atoms with Crippen molar-refractivity contribution in [2.24, 2.45) is 0 Å². The van der Waals surface area contributed by atoms with Gasteiger partial charge in [-0.15, -0.1) is 0 Å². The fourth-order valence-electron chi connectivity index (χ4n) is 3.22. The first-order valence-electron chi connectivity index (χ1n) is 8.02. The van der Waals surface area contributed by atoms with Crippen molar-refractivity contribution >= 4 is 21.3 Å². The van der Waals surface area contributed by atoms with Crippen molar-refractivity contribution in [3.05, 3.63) is 59.5 Å². The molecule has 2 rings (SSSR count). The van der Waals surface area contributed by atoms with Crippen LogP contribution in [0.3, 0.4) is 0 Å². The summed E-state index contributed by atoms with van der Waals surface area (Å²) in [7, 11) is -3.02. The lowest BCUT2D eigenvalue weighted by atomic mass is 10.3. The van der Waals surface area contributed by atoms with Gasteiger partial charge in [0.1, 0.15) is 20.4 Å². The lowest BCUT2D eigenvalue weighted by Crippen LogP contribution is -2.46. The van der Waals surface area contributed by atoms with Gasteiger partial charge in [-0.05, 0) is 17.7 Å². The molecule has 0 aromatic heterocycles. The van der Waals surface area contributed by atoms with Gasteiger partial charge in [-0.3, -0.25) is 0 Å². The minimum atomic E-state index is -1.72. The van der Waals surface area contributed by atoms with Gasteiger partial charge in [0.25, 0.3) is 0 Å². The number of rotatable bonds is 6. The monoisotopic (exact) mass is 328 g/mol. The number of hydrogen-bond donors (Lipinski definition) is 0. The Kier molecular flexibility index (Phi) is 4.98. The Labute approximate surface area is 137 Å². The predicted octanol–water partition coefficient (Wildman–Crippen LogP) is 4.84. The van der Waals surface area contributed by atoms with Gasteiger partial charge in [0.15, 0.2) is 0 Å². The summed E-state index contributed by atoms with van der Waals surface area (Å²) in [6.45, 7) is 16.6. The summed E-state index contributed by atoms with van der Waals surface area (Å²) in [5, 5.41) is 4.76. The highest BCUT2D eigenvalue weighted by atomic mass is 28.3. The third-order valence-corrected chi connectivity index (χ3v) is 10.5. The molecule has 0 aliphatic heterocycles. The lowest BCUT2D eigenvalue weighted by molar-refractivity contribution is 0.366. The number of hydrogen-bond acceptors (Lipinski definition) is 1. The first-order chi connectivity index (χ1) is 10.3. The van der Waals surface area contributed by atoms with Crippen LogP contribution in [0.25, 0.3) is 0 Å². The minimum Gasteiger partial charge on any atom is -0.490 e. The molecule has 0 spiro atoms. The van der Waals surface area contributed by atoms with Crippen LogP contribution >= 0.6 is 0 Å². The van der Waals surface area contributed by atoms with E-state index in [9.17, 15) is 0 Å². The van der Waals surface area contributed by atoms with Crippen LogP contribution in [0.15, 0.2) is 59.5 Å². The first kappa shape index (κ1) is 17.0. The number of para-hydroxylation sites is 1. The molecule has 1 nitrogen and oxygen atoms in total. The summed E-state index contributed by atoms with van der Waals surface area (Å²) in [5.74, 6) is 1.04. The smallest absolute Gasteiger partial charge is 0.119 e. The zero-order chi connectivity index (χ0) is 16.4. The predicted molar refractivity (Wildman–Crippen MR) is 103 cm³/mol. The van der Waals surface area contributed by atoms with Crippen molar-refractivity contribution in [1.29, 1.82) is 0 Å². The molecule has 0 unspecified atom stereocenters. The van der Waals surface area contributed by atoms with Crippen LogP contribution in [0, 0.1) is 0 Å². The van der Waals surface area contributed by atoms with Gasteiger partial charge >= 0.3 is 0 Å². The van der Waals surface area contributed by atoms with E-state index in [1.807, 2.05) is 6.08 Å². The third-order valence-electron chi connectivity index (χ3n) is 4.41.